The predicted molar refractivity (Wildman–Crippen MR) is 167 cm³/mol. The molecule has 0 saturated heterocycles. The van der Waals surface area contributed by atoms with Crippen molar-refractivity contribution in [1.82, 2.24) is 0 Å². The second-order valence-electron chi connectivity index (χ2n) is 12.4. The van der Waals surface area contributed by atoms with Crippen LogP contribution < -0.4 is 5.11 Å². The van der Waals surface area contributed by atoms with Gasteiger partial charge in [0, 0.05) is 19.3 Å². The van der Waals surface area contributed by atoms with Crippen LogP contribution in [-0.2, 0) is 28.6 Å². The summed E-state index contributed by atoms with van der Waals surface area (Å²) in [6.07, 6.45) is 23.8. The smallest absolute Gasteiger partial charge is 0.306 e. The van der Waals surface area contributed by atoms with Gasteiger partial charge in [-0.1, -0.05) is 90.2 Å². The number of carbonyl (C=O) groups excluding carboxylic acids is 3. The molecule has 0 aromatic heterocycles. The number of likely N-dealkylation sites (N-methyl/N-ethyl adjacent to an activating group) is 1. The van der Waals surface area contributed by atoms with Gasteiger partial charge in [0.05, 0.1) is 40.3 Å². The zero-order chi connectivity index (χ0) is 31.5. The molecule has 246 valence electrons. The van der Waals surface area contributed by atoms with Crippen molar-refractivity contribution in [3.63, 3.8) is 0 Å². The lowest BCUT2D eigenvalue weighted by Gasteiger charge is -2.34. The summed E-state index contributed by atoms with van der Waals surface area (Å²) in [5, 5.41) is 11.4. The summed E-state index contributed by atoms with van der Waals surface area (Å²) in [7, 11) is 5.36. The number of ether oxygens (including phenoxy) is 3. The van der Waals surface area contributed by atoms with Crippen molar-refractivity contribution in [3.8, 4) is 0 Å². The third-order valence-corrected chi connectivity index (χ3v) is 7.37. The molecule has 2 unspecified atom stereocenters. The molecule has 0 bridgehead atoms. The third kappa shape index (κ3) is 24.6. The number of hydrogen-bond acceptors (Lipinski definition) is 7. The van der Waals surface area contributed by atoms with E-state index in [1.807, 2.05) is 6.92 Å². The molecule has 0 saturated carbocycles. The van der Waals surface area contributed by atoms with E-state index in [4.69, 9.17) is 14.2 Å². The number of nitrogens with zero attached hydrogens (tertiary/aromatic N) is 1. The number of carbonyl (C=O) groups is 3. The quantitative estimate of drug-likeness (QED) is 0.0432. The first-order valence-electron chi connectivity index (χ1n) is 16.7. The highest BCUT2D eigenvalue weighted by atomic mass is 16.6. The monoisotopic (exact) mass is 597 g/mol. The molecular formula is C34H63NO7. The summed E-state index contributed by atoms with van der Waals surface area (Å²) in [4.78, 5) is 35.7. The number of carboxylic acids is 1. The first kappa shape index (κ1) is 40.1. The molecule has 0 rings (SSSR count). The van der Waals surface area contributed by atoms with Crippen LogP contribution in [0.1, 0.15) is 136 Å². The first-order chi connectivity index (χ1) is 20.1. The number of esters is 2. The molecule has 8 heteroatoms. The van der Waals surface area contributed by atoms with E-state index in [-0.39, 0.29) is 42.7 Å². The van der Waals surface area contributed by atoms with Crippen LogP contribution in [0.25, 0.3) is 0 Å². The second-order valence-corrected chi connectivity index (χ2v) is 12.4. The van der Waals surface area contributed by atoms with E-state index in [0.29, 0.717) is 19.3 Å². The van der Waals surface area contributed by atoms with Gasteiger partial charge in [0.1, 0.15) is 12.6 Å². The molecule has 0 heterocycles. The molecule has 0 spiro atoms. The fourth-order valence-electron chi connectivity index (χ4n) is 4.75. The molecular weight excluding hydrogens is 534 g/mol. The highest BCUT2D eigenvalue weighted by molar-refractivity contribution is 5.70. The second kappa shape index (κ2) is 26.7. The topological polar surface area (TPSA) is 102 Å². The number of allylic oxidation sites excluding steroid dienone is 2. The van der Waals surface area contributed by atoms with Gasteiger partial charge in [0.2, 0.25) is 0 Å². The van der Waals surface area contributed by atoms with Crippen molar-refractivity contribution in [3.05, 3.63) is 12.2 Å². The largest absolute Gasteiger partial charge is 0.544 e. The van der Waals surface area contributed by atoms with Gasteiger partial charge in [-0.2, -0.15) is 0 Å². The standard InChI is InChI=1S/C34H63NO7/c1-6-8-9-10-11-12-13-14-15-16-17-18-19-20-21-22-23-25-33(37)42-30(29-41-32(36)24-7-2)28-40-27-26-31(34(38)39)35(3,4)5/h14-15,30-31H,6-13,16-29H2,1-5H3/b15-14-. The molecule has 8 nitrogen and oxygen atoms in total. The van der Waals surface area contributed by atoms with Crippen molar-refractivity contribution in [2.45, 2.75) is 148 Å². The average molecular weight is 598 g/mol. The van der Waals surface area contributed by atoms with Crippen LogP contribution in [0, 0.1) is 0 Å². The zero-order valence-corrected chi connectivity index (χ0v) is 27.7. The molecule has 0 aliphatic carbocycles. The highest BCUT2D eigenvalue weighted by Gasteiger charge is 2.25. The van der Waals surface area contributed by atoms with Crippen molar-refractivity contribution >= 4 is 17.9 Å². The van der Waals surface area contributed by atoms with Gasteiger partial charge in [-0.05, 0) is 38.5 Å². The fraction of sp³-hybridized carbons (Fsp3) is 0.853. The van der Waals surface area contributed by atoms with Gasteiger partial charge < -0.3 is 28.6 Å². The Morgan fingerprint density at radius 2 is 1.24 bits per heavy atom. The maximum Gasteiger partial charge on any atom is 0.306 e. The summed E-state index contributed by atoms with van der Waals surface area (Å²) in [5.74, 6) is -1.81. The van der Waals surface area contributed by atoms with Crippen LogP contribution in [-0.4, -0.2) is 75.5 Å². The SMILES string of the molecule is CCCCCCCC/C=C\CCCCCCCCCC(=O)OC(COCCC(C(=O)[O-])[N+](C)(C)C)COC(=O)CCC. The summed E-state index contributed by atoms with van der Waals surface area (Å²) in [6, 6.07) is -0.718. The molecule has 0 aromatic rings. The van der Waals surface area contributed by atoms with E-state index in [9.17, 15) is 19.5 Å². The molecule has 0 amide bonds. The van der Waals surface area contributed by atoms with Crippen molar-refractivity contribution in [2.24, 2.45) is 0 Å². The number of aliphatic carboxylic acids is 1. The molecule has 0 radical (unpaired) electrons. The number of hydrogen-bond donors (Lipinski definition) is 0. The lowest BCUT2D eigenvalue weighted by atomic mass is 10.1. The number of quaternary nitrogens is 1. The third-order valence-electron chi connectivity index (χ3n) is 7.37. The van der Waals surface area contributed by atoms with Gasteiger partial charge in [0.15, 0.2) is 6.10 Å². The van der Waals surface area contributed by atoms with Crippen molar-refractivity contribution in [2.75, 3.05) is 41.0 Å². The Morgan fingerprint density at radius 3 is 1.76 bits per heavy atom. The van der Waals surface area contributed by atoms with Gasteiger partial charge in [-0.15, -0.1) is 0 Å². The lowest BCUT2D eigenvalue weighted by Crippen LogP contribution is -2.55. The minimum Gasteiger partial charge on any atom is -0.544 e. The molecule has 0 fully saturated rings. The molecule has 2 atom stereocenters. The first-order valence-corrected chi connectivity index (χ1v) is 16.7. The van der Waals surface area contributed by atoms with Crippen LogP contribution in [0.15, 0.2) is 12.2 Å². The molecule has 0 aliphatic heterocycles. The van der Waals surface area contributed by atoms with Gasteiger partial charge >= 0.3 is 11.9 Å². The number of unbranched alkanes of at least 4 members (excludes halogenated alkanes) is 13. The van der Waals surface area contributed by atoms with Gasteiger partial charge in [-0.25, -0.2) is 0 Å². The minimum atomic E-state index is -1.13. The molecule has 42 heavy (non-hydrogen) atoms. The zero-order valence-electron chi connectivity index (χ0n) is 27.7. The van der Waals surface area contributed by atoms with Crippen LogP contribution >= 0.6 is 0 Å². The van der Waals surface area contributed by atoms with Crippen LogP contribution in [0.4, 0.5) is 0 Å². The Kier molecular flexibility index (Phi) is 25.5. The van der Waals surface area contributed by atoms with E-state index >= 15 is 0 Å². The minimum absolute atomic E-state index is 0.0380. The Hall–Kier alpha value is -1.93. The number of rotatable bonds is 29. The van der Waals surface area contributed by atoms with E-state index in [2.05, 4.69) is 19.1 Å². The van der Waals surface area contributed by atoms with Gasteiger partial charge in [-0.3, -0.25) is 9.59 Å². The summed E-state index contributed by atoms with van der Waals surface area (Å²) in [5.41, 5.74) is 0. The van der Waals surface area contributed by atoms with Crippen molar-refractivity contribution < 1.29 is 38.2 Å². The van der Waals surface area contributed by atoms with Crippen molar-refractivity contribution in [1.29, 1.82) is 0 Å². The summed E-state index contributed by atoms with van der Waals surface area (Å²) >= 11 is 0. The highest BCUT2D eigenvalue weighted by Crippen LogP contribution is 2.13. The maximum absolute atomic E-state index is 12.4. The maximum atomic E-state index is 12.4. The van der Waals surface area contributed by atoms with Crippen LogP contribution in [0.2, 0.25) is 0 Å². The van der Waals surface area contributed by atoms with E-state index in [1.54, 1.807) is 21.1 Å². The Labute approximate surface area is 257 Å². The Bertz CT molecular complexity index is 717. The molecule has 0 N–H and O–H groups in total. The Balaban J connectivity index is 4.10. The fourth-order valence-corrected chi connectivity index (χ4v) is 4.75. The van der Waals surface area contributed by atoms with E-state index < -0.39 is 18.1 Å². The molecule has 0 aliphatic rings. The van der Waals surface area contributed by atoms with Crippen LogP contribution in [0.3, 0.4) is 0 Å². The van der Waals surface area contributed by atoms with E-state index in [1.165, 1.54) is 77.0 Å². The van der Waals surface area contributed by atoms with Crippen LogP contribution in [0.5, 0.6) is 0 Å². The normalized spacial score (nSPS) is 13.3. The predicted octanol–water partition coefficient (Wildman–Crippen LogP) is 6.29. The average Bonchev–Trinajstić information content (AvgIpc) is 2.92. The summed E-state index contributed by atoms with van der Waals surface area (Å²) < 4.78 is 16.6. The van der Waals surface area contributed by atoms with E-state index in [0.717, 1.165) is 19.3 Å². The summed E-state index contributed by atoms with van der Waals surface area (Å²) in [6.45, 7) is 4.28. The van der Waals surface area contributed by atoms with Gasteiger partial charge in [0.25, 0.3) is 0 Å². The number of carboxylic acid groups (broad SMARTS) is 1. The lowest BCUT2D eigenvalue weighted by molar-refractivity contribution is -0.889. The molecule has 0 aromatic carbocycles. The Morgan fingerprint density at radius 1 is 0.690 bits per heavy atom.